The second kappa shape index (κ2) is 5.48. The molecule has 0 aliphatic carbocycles. The van der Waals surface area contributed by atoms with Gasteiger partial charge in [-0.25, -0.2) is 18.7 Å². The lowest BCUT2D eigenvalue weighted by molar-refractivity contribution is -0.117. The Morgan fingerprint density at radius 3 is 2.59 bits per heavy atom. The molecule has 8 heteroatoms. The van der Waals surface area contributed by atoms with Gasteiger partial charge in [-0.05, 0) is 6.42 Å². The standard InChI is InChI=1S/C9H10ClF4N3/c1-2-5-6(10)16-4-17-7(5)15-3-9(13,14)8(11)12/h4,8H,2-3H2,1H3,(H,15,16,17). The third-order valence-electron chi connectivity index (χ3n) is 2.06. The van der Waals surface area contributed by atoms with Gasteiger partial charge >= 0.3 is 12.3 Å². The number of hydrogen-bond donors (Lipinski definition) is 1. The topological polar surface area (TPSA) is 37.8 Å². The third kappa shape index (κ3) is 3.42. The highest BCUT2D eigenvalue weighted by atomic mass is 35.5. The second-order valence-electron chi connectivity index (χ2n) is 3.26. The first-order chi connectivity index (χ1) is 7.88. The Balaban J connectivity index is 2.79. The molecule has 0 aliphatic heterocycles. The van der Waals surface area contributed by atoms with E-state index < -0.39 is 18.9 Å². The van der Waals surface area contributed by atoms with Crippen molar-refractivity contribution in [2.75, 3.05) is 11.9 Å². The summed E-state index contributed by atoms with van der Waals surface area (Å²) < 4.78 is 49.2. The summed E-state index contributed by atoms with van der Waals surface area (Å²) in [6.07, 6.45) is -2.25. The van der Waals surface area contributed by atoms with Crippen LogP contribution in [0.3, 0.4) is 0 Å². The van der Waals surface area contributed by atoms with Crippen LogP contribution in [0.15, 0.2) is 6.33 Å². The van der Waals surface area contributed by atoms with Crippen LogP contribution < -0.4 is 5.32 Å². The van der Waals surface area contributed by atoms with Gasteiger partial charge in [-0.1, -0.05) is 18.5 Å². The molecule has 1 rings (SSSR count). The minimum absolute atomic E-state index is 0.0489. The number of nitrogens with zero attached hydrogens (tertiary/aromatic N) is 2. The number of rotatable bonds is 5. The van der Waals surface area contributed by atoms with Gasteiger partial charge in [0.05, 0.1) is 6.54 Å². The molecule has 0 radical (unpaired) electrons. The number of hydrogen-bond acceptors (Lipinski definition) is 3. The van der Waals surface area contributed by atoms with E-state index in [0.29, 0.717) is 12.0 Å². The van der Waals surface area contributed by atoms with Crippen molar-refractivity contribution in [2.45, 2.75) is 25.7 Å². The number of aromatic nitrogens is 2. The molecular formula is C9H10ClF4N3. The fraction of sp³-hybridized carbons (Fsp3) is 0.556. The molecule has 0 amide bonds. The average Bonchev–Trinajstić information content (AvgIpc) is 2.26. The smallest absolute Gasteiger partial charge is 0.324 e. The molecule has 0 aromatic carbocycles. The number of nitrogens with one attached hydrogen (secondary N) is 1. The lowest BCUT2D eigenvalue weighted by Gasteiger charge is -2.17. The van der Waals surface area contributed by atoms with Crippen molar-refractivity contribution in [3.05, 3.63) is 17.0 Å². The molecule has 3 nitrogen and oxygen atoms in total. The molecule has 1 N–H and O–H groups in total. The minimum Gasteiger partial charge on any atom is -0.363 e. The van der Waals surface area contributed by atoms with E-state index in [4.69, 9.17) is 11.6 Å². The summed E-state index contributed by atoms with van der Waals surface area (Å²) in [6.45, 7) is 0.520. The average molecular weight is 272 g/mol. The Hall–Kier alpha value is -1.11. The summed E-state index contributed by atoms with van der Waals surface area (Å²) in [6, 6.07) is 0. The molecule has 1 aromatic heterocycles. The number of halogens is 5. The van der Waals surface area contributed by atoms with E-state index in [1.54, 1.807) is 6.92 Å². The van der Waals surface area contributed by atoms with E-state index in [2.05, 4.69) is 15.3 Å². The zero-order valence-electron chi connectivity index (χ0n) is 8.85. The molecule has 1 heterocycles. The summed E-state index contributed by atoms with van der Waals surface area (Å²) in [5, 5.41) is 2.28. The zero-order chi connectivity index (χ0) is 13.1. The Kier molecular flexibility index (Phi) is 4.50. The lowest BCUT2D eigenvalue weighted by atomic mass is 10.2. The predicted octanol–water partition coefficient (Wildman–Crippen LogP) is 3.00. The summed E-state index contributed by atoms with van der Waals surface area (Å²) in [5.74, 6) is -4.06. The van der Waals surface area contributed by atoms with E-state index in [1.807, 2.05) is 0 Å². The molecule has 17 heavy (non-hydrogen) atoms. The first kappa shape index (κ1) is 14.0. The first-order valence-corrected chi connectivity index (χ1v) is 5.15. The molecule has 1 aromatic rings. The summed E-state index contributed by atoms with van der Waals surface area (Å²) in [5.41, 5.74) is 0.416. The van der Waals surface area contributed by atoms with Crippen molar-refractivity contribution in [3.8, 4) is 0 Å². The predicted molar refractivity (Wildman–Crippen MR) is 55.9 cm³/mol. The fourth-order valence-corrected chi connectivity index (χ4v) is 1.40. The van der Waals surface area contributed by atoms with Crippen LogP contribution in [0.4, 0.5) is 23.4 Å². The third-order valence-corrected chi connectivity index (χ3v) is 2.38. The minimum atomic E-state index is -4.11. The van der Waals surface area contributed by atoms with E-state index in [9.17, 15) is 17.6 Å². The van der Waals surface area contributed by atoms with Gasteiger partial charge in [0, 0.05) is 5.56 Å². The van der Waals surface area contributed by atoms with Gasteiger partial charge in [-0.2, -0.15) is 8.78 Å². The van der Waals surface area contributed by atoms with Crippen LogP contribution in [0.2, 0.25) is 5.15 Å². The van der Waals surface area contributed by atoms with Crippen LogP contribution in [0.5, 0.6) is 0 Å². The highest BCUT2D eigenvalue weighted by molar-refractivity contribution is 6.30. The van der Waals surface area contributed by atoms with Gasteiger partial charge in [0.25, 0.3) is 0 Å². The molecule has 0 fully saturated rings. The van der Waals surface area contributed by atoms with E-state index >= 15 is 0 Å². The van der Waals surface area contributed by atoms with Crippen molar-refractivity contribution in [2.24, 2.45) is 0 Å². The maximum Gasteiger partial charge on any atom is 0.324 e. The monoisotopic (exact) mass is 271 g/mol. The molecule has 0 saturated heterocycles. The summed E-state index contributed by atoms with van der Waals surface area (Å²) in [7, 11) is 0. The molecule has 0 aliphatic rings. The van der Waals surface area contributed by atoms with Crippen molar-refractivity contribution in [1.29, 1.82) is 0 Å². The highest BCUT2D eigenvalue weighted by Gasteiger charge is 2.40. The van der Waals surface area contributed by atoms with Crippen molar-refractivity contribution < 1.29 is 17.6 Å². The van der Waals surface area contributed by atoms with Crippen molar-refractivity contribution in [1.82, 2.24) is 9.97 Å². The van der Waals surface area contributed by atoms with Crippen LogP contribution >= 0.6 is 11.6 Å². The first-order valence-electron chi connectivity index (χ1n) is 4.77. The van der Waals surface area contributed by atoms with Crippen LogP contribution in [0.1, 0.15) is 12.5 Å². The lowest BCUT2D eigenvalue weighted by Crippen LogP contribution is -2.35. The Morgan fingerprint density at radius 2 is 2.06 bits per heavy atom. The summed E-state index contributed by atoms with van der Waals surface area (Å²) in [4.78, 5) is 7.36. The van der Waals surface area contributed by atoms with Gasteiger partial charge in [0.1, 0.15) is 17.3 Å². The molecule has 0 saturated carbocycles. The van der Waals surface area contributed by atoms with E-state index in [1.165, 1.54) is 0 Å². The van der Waals surface area contributed by atoms with Gasteiger partial charge in [-0.15, -0.1) is 0 Å². The maximum absolute atomic E-state index is 12.7. The Bertz CT molecular complexity index is 387. The number of anilines is 1. The highest BCUT2D eigenvalue weighted by Crippen LogP contribution is 2.25. The largest absolute Gasteiger partial charge is 0.363 e. The Morgan fingerprint density at radius 1 is 1.41 bits per heavy atom. The van der Waals surface area contributed by atoms with Crippen molar-refractivity contribution >= 4 is 17.4 Å². The molecular weight excluding hydrogens is 262 g/mol. The van der Waals surface area contributed by atoms with Crippen LogP contribution in [-0.4, -0.2) is 28.9 Å². The number of alkyl halides is 4. The van der Waals surface area contributed by atoms with Crippen LogP contribution in [-0.2, 0) is 6.42 Å². The fourth-order valence-electron chi connectivity index (χ4n) is 1.14. The van der Waals surface area contributed by atoms with Gasteiger partial charge in [0.2, 0.25) is 0 Å². The van der Waals surface area contributed by atoms with Crippen molar-refractivity contribution in [3.63, 3.8) is 0 Å². The van der Waals surface area contributed by atoms with Gasteiger partial charge in [-0.3, -0.25) is 0 Å². The maximum atomic E-state index is 12.7. The Labute approximate surface area is 100 Å². The molecule has 0 unspecified atom stereocenters. The molecule has 96 valence electrons. The molecule has 0 atom stereocenters. The summed E-state index contributed by atoms with van der Waals surface area (Å²) >= 11 is 5.72. The van der Waals surface area contributed by atoms with Crippen LogP contribution in [0.25, 0.3) is 0 Å². The molecule has 0 spiro atoms. The normalized spacial score (nSPS) is 11.9. The quantitative estimate of drug-likeness (QED) is 0.661. The molecule has 0 bridgehead atoms. The van der Waals surface area contributed by atoms with E-state index in [-0.39, 0.29) is 11.0 Å². The van der Waals surface area contributed by atoms with Gasteiger partial charge in [0.15, 0.2) is 0 Å². The zero-order valence-corrected chi connectivity index (χ0v) is 9.61. The van der Waals surface area contributed by atoms with E-state index in [0.717, 1.165) is 6.33 Å². The SMILES string of the molecule is CCc1c(Cl)ncnc1NCC(F)(F)C(F)F. The van der Waals surface area contributed by atoms with Gasteiger partial charge < -0.3 is 5.32 Å². The second-order valence-corrected chi connectivity index (χ2v) is 3.62. The van der Waals surface area contributed by atoms with Crippen LogP contribution in [0, 0.1) is 0 Å².